The number of H-pyrrole nitrogens is 1. The van der Waals surface area contributed by atoms with Gasteiger partial charge in [0, 0.05) is 4.47 Å². The first-order valence-corrected chi connectivity index (χ1v) is 7.63. The maximum absolute atomic E-state index is 12.1. The molecule has 2 aromatic rings. The van der Waals surface area contributed by atoms with Gasteiger partial charge in [-0.2, -0.15) is 4.98 Å². The van der Waals surface area contributed by atoms with Gasteiger partial charge in [-0.1, -0.05) is 0 Å². The number of benzene rings is 1. The van der Waals surface area contributed by atoms with Gasteiger partial charge in [0.15, 0.2) is 0 Å². The van der Waals surface area contributed by atoms with Crippen LogP contribution in [0.4, 0.5) is 5.95 Å². The van der Waals surface area contributed by atoms with Crippen LogP contribution in [0.2, 0.25) is 0 Å². The summed E-state index contributed by atoms with van der Waals surface area (Å²) >= 11 is 3.04. The average molecular weight is 377 g/mol. The Kier molecular flexibility index (Phi) is 4.14. The fraction of sp³-hybridized carbons (Fsp3) is 0.100. The minimum atomic E-state index is -4.00. The van der Waals surface area contributed by atoms with Crippen molar-refractivity contribution in [3.05, 3.63) is 28.2 Å². The van der Waals surface area contributed by atoms with E-state index in [1.165, 1.54) is 19.2 Å². The topological polar surface area (TPSA) is 134 Å². The van der Waals surface area contributed by atoms with E-state index in [0.29, 0.717) is 0 Å². The quantitative estimate of drug-likeness (QED) is 0.710. The Labute approximate surface area is 127 Å². The van der Waals surface area contributed by atoms with Crippen molar-refractivity contribution in [2.24, 2.45) is 0 Å². The van der Waals surface area contributed by atoms with Crippen molar-refractivity contribution >= 4 is 37.9 Å². The molecule has 0 saturated heterocycles. The molecular weight excluding hydrogens is 368 g/mol. The Morgan fingerprint density at radius 3 is 2.76 bits per heavy atom. The molecule has 2 rings (SSSR count). The summed E-state index contributed by atoms with van der Waals surface area (Å²) in [4.78, 5) is 14.5. The van der Waals surface area contributed by atoms with Crippen LogP contribution in [-0.2, 0) is 10.0 Å². The lowest BCUT2D eigenvalue weighted by Crippen LogP contribution is -2.15. The van der Waals surface area contributed by atoms with E-state index in [2.05, 4.69) is 35.8 Å². The van der Waals surface area contributed by atoms with Gasteiger partial charge in [-0.05, 0) is 34.1 Å². The van der Waals surface area contributed by atoms with E-state index < -0.39 is 16.0 Å². The molecular formula is C10H9BrN4O5S. The molecule has 0 aliphatic rings. The molecule has 0 aliphatic heterocycles. The summed E-state index contributed by atoms with van der Waals surface area (Å²) in [5.74, 6) is -1.40. The smallest absolute Gasteiger partial charge is 0.336 e. The van der Waals surface area contributed by atoms with Gasteiger partial charge in [0.25, 0.3) is 10.0 Å². The number of hydrogen-bond acceptors (Lipinski definition) is 6. The second-order valence-electron chi connectivity index (χ2n) is 3.72. The van der Waals surface area contributed by atoms with Gasteiger partial charge in [-0.3, -0.25) is 0 Å². The highest BCUT2D eigenvalue weighted by molar-refractivity contribution is 9.10. The van der Waals surface area contributed by atoms with Crippen molar-refractivity contribution in [3.8, 4) is 6.01 Å². The largest absolute Gasteiger partial charge is 0.478 e. The van der Waals surface area contributed by atoms with Gasteiger partial charge in [-0.25, -0.2) is 23.0 Å². The molecule has 112 valence electrons. The highest BCUT2D eigenvalue weighted by Gasteiger charge is 2.20. The molecule has 0 bridgehead atoms. The van der Waals surface area contributed by atoms with Crippen LogP contribution >= 0.6 is 15.9 Å². The van der Waals surface area contributed by atoms with Gasteiger partial charge in [0.2, 0.25) is 5.95 Å². The normalized spacial score (nSPS) is 11.1. The van der Waals surface area contributed by atoms with E-state index in [-0.39, 0.29) is 26.9 Å². The van der Waals surface area contributed by atoms with Gasteiger partial charge in [-0.15, -0.1) is 5.10 Å². The summed E-state index contributed by atoms with van der Waals surface area (Å²) in [6, 6.07) is 3.59. The number of carboxylic acids is 1. The standard InChI is InChI=1S/C10H9BrN4O5S/c1-20-10-12-9(13-14-10)15-21(18,19)5-2-3-7(11)6(4-5)8(16)17/h2-4H,1H3,(H,16,17)(H2,12,13,14,15). The maximum atomic E-state index is 12.1. The van der Waals surface area contributed by atoms with Gasteiger partial charge in [0.05, 0.1) is 17.6 Å². The van der Waals surface area contributed by atoms with Crippen molar-refractivity contribution in [2.45, 2.75) is 4.90 Å². The Bertz CT molecular complexity index is 788. The second kappa shape index (κ2) is 5.69. The summed E-state index contributed by atoms with van der Waals surface area (Å²) in [6.45, 7) is 0. The van der Waals surface area contributed by atoms with Gasteiger partial charge in [0.1, 0.15) is 0 Å². The number of rotatable bonds is 5. The lowest BCUT2D eigenvalue weighted by molar-refractivity contribution is 0.0695. The van der Waals surface area contributed by atoms with Crippen LogP contribution in [0, 0.1) is 0 Å². The van der Waals surface area contributed by atoms with Crippen molar-refractivity contribution in [3.63, 3.8) is 0 Å². The zero-order valence-corrected chi connectivity index (χ0v) is 12.9. The van der Waals surface area contributed by atoms with Crippen LogP contribution in [0.3, 0.4) is 0 Å². The van der Waals surface area contributed by atoms with E-state index >= 15 is 0 Å². The van der Waals surface area contributed by atoms with Crippen LogP contribution in [0.25, 0.3) is 0 Å². The third kappa shape index (κ3) is 3.31. The van der Waals surface area contributed by atoms with E-state index in [1.807, 2.05) is 0 Å². The van der Waals surface area contributed by atoms with Crippen molar-refractivity contribution < 1.29 is 23.1 Å². The Morgan fingerprint density at radius 2 is 2.19 bits per heavy atom. The maximum Gasteiger partial charge on any atom is 0.336 e. The lowest BCUT2D eigenvalue weighted by atomic mass is 10.2. The summed E-state index contributed by atoms with van der Waals surface area (Å²) in [7, 11) is -2.68. The minimum Gasteiger partial charge on any atom is -0.478 e. The van der Waals surface area contributed by atoms with E-state index in [0.717, 1.165) is 6.07 Å². The number of nitrogens with one attached hydrogen (secondary N) is 2. The Morgan fingerprint density at radius 1 is 1.48 bits per heavy atom. The number of carbonyl (C=O) groups is 1. The third-order valence-corrected chi connectivity index (χ3v) is 4.39. The number of halogens is 1. The first kappa shape index (κ1) is 15.3. The first-order valence-electron chi connectivity index (χ1n) is 5.35. The molecule has 9 nitrogen and oxygen atoms in total. The highest BCUT2D eigenvalue weighted by Crippen LogP contribution is 2.22. The molecule has 21 heavy (non-hydrogen) atoms. The van der Waals surface area contributed by atoms with Crippen molar-refractivity contribution in [1.82, 2.24) is 15.2 Å². The number of hydrogen-bond donors (Lipinski definition) is 3. The van der Waals surface area contributed by atoms with Gasteiger partial charge < -0.3 is 9.84 Å². The van der Waals surface area contributed by atoms with Crippen molar-refractivity contribution in [1.29, 1.82) is 0 Å². The molecule has 0 atom stereocenters. The molecule has 0 unspecified atom stereocenters. The molecule has 0 fully saturated rings. The molecule has 1 aromatic carbocycles. The lowest BCUT2D eigenvalue weighted by Gasteiger charge is -2.06. The minimum absolute atomic E-state index is 0.0327. The number of sulfonamides is 1. The predicted molar refractivity (Wildman–Crippen MR) is 74.8 cm³/mol. The van der Waals surface area contributed by atoms with Crippen LogP contribution < -0.4 is 9.46 Å². The van der Waals surface area contributed by atoms with Crippen LogP contribution in [0.5, 0.6) is 6.01 Å². The summed E-state index contributed by atoms with van der Waals surface area (Å²) < 4.78 is 31.4. The Balaban J connectivity index is 2.35. The monoisotopic (exact) mass is 376 g/mol. The molecule has 0 aliphatic carbocycles. The number of nitrogens with zero attached hydrogens (tertiary/aromatic N) is 2. The van der Waals surface area contributed by atoms with Crippen LogP contribution in [0.15, 0.2) is 27.6 Å². The van der Waals surface area contributed by atoms with Gasteiger partial charge >= 0.3 is 12.0 Å². The average Bonchev–Trinajstić information content (AvgIpc) is 2.85. The number of aromatic nitrogens is 3. The molecule has 0 spiro atoms. The highest BCUT2D eigenvalue weighted by atomic mass is 79.9. The molecule has 0 amide bonds. The van der Waals surface area contributed by atoms with Crippen LogP contribution in [-0.4, -0.2) is 41.8 Å². The molecule has 1 heterocycles. The third-order valence-electron chi connectivity index (χ3n) is 2.36. The SMILES string of the molecule is COc1n[nH]c(NS(=O)(=O)c2ccc(Br)c(C(=O)O)c2)n1. The molecule has 1 aromatic heterocycles. The van der Waals surface area contributed by atoms with Crippen LogP contribution in [0.1, 0.15) is 10.4 Å². The number of aromatic carboxylic acids is 1. The van der Waals surface area contributed by atoms with E-state index in [4.69, 9.17) is 9.84 Å². The van der Waals surface area contributed by atoms with Crippen molar-refractivity contribution in [2.75, 3.05) is 11.8 Å². The summed E-state index contributed by atoms with van der Waals surface area (Å²) in [6.07, 6.45) is 0. The molecule has 0 saturated carbocycles. The fourth-order valence-corrected chi connectivity index (χ4v) is 2.81. The summed E-state index contributed by atoms with van der Waals surface area (Å²) in [5, 5.41) is 14.9. The number of anilines is 1. The number of ether oxygens (including phenoxy) is 1. The second-order valence-corrected chi connectivity index (χ2v) is 6.26. The molecule has 0 radical (unpaired) electrons. The zero-order chi connectivity index (χ0) is 15.6. The number of carboxylic acid groups (broad SMARTS) is 1. The molecule has 3 N–H and O–H groups in total. The van der Waals surface area contributed by atoms with E-state index in [9.17, 15) is 13.2 Å². The number of aromatic amines is 1. The first-order chi connectivity index (χ1) is 9.83. The zero-order valence-electron chi connectivity index (χ0n) is 10.5. The Hall–Kier alpha value is -2.14. The number of methoxy groups -OCH3 is 1. The molecule has 11 heteroatoms. The fourth-order valence-electron chi connectivity index (χ4n) is 1.40. The van der Waals surface area contributed by atoms with E-state index in [1.54, 1.807) is 0 Å². The predicted octanol–water partition coefficient (Wildman–Crippen LogP) is 1.07. The summed E-state index contributed by atoms with van der Waals surface area (Å²) in [5.41, 5.74) is -0.173.